The highest BCUT2D eigenvalue weighted by atomic mass is 32.2. The molecule has 0 saturated carbocycles. The van der Waals surface area contributed by atoms with Crippen molar-refractivity contribution in [1.29, 1.82) is 0 Å². The third-order valence-electron chi connectivity index (χ3n) is 3.67. The fourth-order valence-corrected chi connectivity index (χ4v) is 3.62. The van der Waals surface area contributed by atoms with Gasteiger partial charge in [0.2, 0.25) is 10.0 Å². The van der Waals surface area contributed by atoms with Crippen LogP contribution in [0.4, 0.5) is 0 Å². The zero-order valence-electron chi connectivity index (χ0n) is 12.8. The van der Waals surface area contributed by atoms with Crippen molar-refractivity contribution in [3.05, 3.63) is 23.8 Å². The second-order valence-electron chi connectivity index (χ2n) is 5.55. The molecular weight excluding hydrogens is 290 g/mol. The lowest BCUT2D eigenvalue weighted by Crippen LogP contribution is -2.32. The first-order valence-corrected chi connectivity index (χ1v) is 8.71. The van der Waals surface area contributed by atoms with E-state index in [1.807, 2.05) is 19.9 Å². The van der Waals surface area contributed by atoms with Gasteiger partial charge in [-0.15, -0.1) is 0 Å². The van der Waals surface area contributed by atoms with Crippen molar-refractivity contribution < 1.29 is 17.9 Å². The van der Waals surface area contributed by atoms with Crippen molar-refractivity contribution >= 4 is 10.0 Å². The summed E-state index contributed by atoms with van der Waals surface area (Å²) in [5.41, 5.74) is 0.966. The fourth-order valence-electron chi connectivity index (χ4n) is 2.35. The Labute approximate surface area is 126 Å². The van der Waals surface area contributed by atoms with E-state index < -0.39 is 10.0 Å². The lowest BCUT2D eigenvalue weighted by molar-refractivity contribution is 0.114. The molecule has 0 spiro atoms. The van der Waals surface area contributed by atoms with Crippen molar-refractivity contribution in [2.45, 2.75) is 43.6 Å². The van der Waals surface area contributed by atoms with Crippen LogP contribution in [0.3, 0.4) is 0 Å². The second kappa shape index (κ2) is 6.77. The van der Waals surface area contributed by atoms with Gasteiger partial charge < -0.3 is 9.47 Å². The summed E-state index contributed by atoms with van der Waals surface area (Å²) in [6.45, 7) is 5.06. The molecule has 1 heterocycles. The van der Waals surface area contributed by atoms with Crippen molar-refractivity contribution in [3.8, 4) is 5.75 Å². The zero-order chi connectivity index (χ0) is 15.5. The Balaban J connectivity index is 2.22. The molecule has 1 N–H and O–H groups in total. The van der Waals surface area contributed by atoms with Gasteiger partial charge in [0.1, 0.15) is 10.6 Å². The van der Waals surface area contributed by atoms with Crippen LogP contribution in [0.5, 0.6) is 5.75 Å². The third-order valence-corrected chi connectivity index (χ3v) is 5.11. The monoisotopic (exact) mass is 313 g/mol. The summed E-state index contributed by atoms with van der Waals surface area (Å²) < 4.78 is 38.3. The maximum Gasteiger partial charge on any atom is 0.244 e. The summed E-state index contributed by atoms with van der Waals surface area (Å²) in [6.07, 6.45) is 1.85. The number of sulfonamides is 1. The van der Waals surface area contributed by atoms with Gasteiger partial charge in [-0.1, -0.05) is 19.9 Å². The molecule has 0 bridgehead atoms. The molecule has 21 heavy (non-hydrogen) atoms. The van der Waals surface area contributed by atoms with E-state index in [-0.39, 0.29) is 16.9 Å². The lowest BCUT2D eigenvalue weighted by Gasteiger charge is -2.15. The molecule has 1 saturated heterocycles. The summed E-state index contributed by atoms with van der Waals surface area (Å²) >= 11 is 0. The SMILES string of the molecule is COc1ccc(C(C)C)cc1S(=O)(=O)NC[C@H]1CCCO1. The minimum atomic E-state index is -3.60. The average Bonchev–Trinajstić information content (AvgIpc) is 2.98. The summed E-state index contributed by atoms with van der Waals surface area (Å²) in [6, 6.07) is 5.28. The Morgan fingerprint density at radius 1 is 1.43 bits per heavy atom. The predicted octanol–water partition coefficient (Wildman–Crippen LogP) is 2.28. The van der Waals surface area contributed by atoms with Crippen LogP contribution >= 0.6 is 0 Å². The van der Waals surface area contributed by atoms with E-state index in [1.165, 1.54) is 7.11 Å². The van der Waals surface area contributed by atoms with Gasteiger partial charge in [-0.05, 0) is 36.5 Å². The Hall–Kier alpha value is -1.11. The Morgan fingerprint density at radius 2 is 2.19 bits per heavy atom. The first kappa shape index (κ1) is 16.3. The van der Waals surface area contributed by atoms with E-state index >= 15 is 0 Å². The van der Waals surface area contributed by atoms with Crippen molar-refractivity contribution in [2.75, 3.05) is 20.3 Å². The average molecular weight is 313 g/mol. The second-order valence-corrected chi connectivity index (χ2v) is 7.29. The van der Waals surface area contributed by atoms with Gasteiger partial charge in [-0.25, -0.2) is 13.1 Å². The van der Waals surface area contributed by atoms with Crippen molar-refractivity contribution in [1.82, 2.24) is 4.72 Å². The Bertz CT molecular complexity index is 577. The lowest BCUT2D eigenvalue weighted by atomic mass is 10.0. The summed E-state index contributed by atoms with van der Waals surface area (Å²) in [5, 5.41) is 0. The molecule has 0 amide bonds. The topological polar surface area (TPSA) is 64.6 Å². The van der Waals surface area contributed by atoms with Crippen molar-refractivity contribution in [2.24, 2.45) is 0 Å². The van der Waals surface area contributed by atoms with Gasteiger partial charge >= 0.3 is 0 Å². The molecule has 0 aliphatic carbocycles. The van der Waals surface area contributed by atoms with Gasteiger partial charge in [0, 0.05) is 13.2 Å². The molecule has 1 aliphatic heterocycles. The standard InChI is InChI=1S/C15H23NO4S/c1-11(2)12-6-7-14(19-3)15(9-12)21(17,18)16-10-13-5-4-8-20-13/h6-7,9,11,13,16H,4-5,8,10H2,1-3H3/t13-/m1/s1. The van der Waals surface area contributed by atoms with E-state index in [1.54, 1.807) is 12.1 Å². The smallest absolute Gasteiger partial charge is 0.244 e. The largest absolute Gasteiger partial charge is 0.495 e. The number of nitrogens with one attached hydrogen (secondary N) is 1. The molecule has 6 heteroatoms. The van der Waals surface area contributed by atoms with E-state index in [2.05, 4.69) is 4.72 Å². The third kappa shape index (κ3) is 3.96. The van der Waals surface area contributed by atoms with Crippen LogP contribution in [-0.4, -0.2) is 34.8 Å². The van der Waals surface area contributed by atoms with Gasteiger partial charge in [0.05, 0.1) is 13.2 Å². The zero-order valence-corrected chi connectivity index (χ0v) is 13.6. The highest BCUT2D eigenvalue weighted by Crippen LogP contribution is 2.28. The van der Waals surface area contributed by atoms with Crippen LogP contribution in [0.15, 0.2) is 23.1 Å². The summed E-state index contributed by atoms with van der Waals surface area (Å²) in [4.78, 5) is 0.189. The van der Waals surface area contributed by atoms with Crippen LogP contribution in [0, 0.1) is 0 Å². The van der Waals surface area contributed by atoms with Gasteiger partial charge in [-0.3, -0.25) is 0 Å². The molecule has 0 radical (unpaired) electrons. The quantitative estimate of drug-likeness (QED) is 0.875. The molecule has 118 valence electrons. The molecule has 2 rings (SSSR count). The van der Waals surface area contributed by atoms with Crippen LogP contribution in [0.25, 0.3) is 0 Å². The van der Waals surface area contributed by atoms with Gasteiger partial charge in [-0.2, -0.15) is 0 Å². The maximum atomic E-state index is 12.5. The molecule has 0 aromatic heterocycles. The minimum Gasteiger partial charge on any atom is -0.495 e. The molecular formula is C15H23NO4S. The van der Waals surface area contributed by atoms with Gasteiger partial charge in [0.25, 0.3) is 0 Å². The molecule has 1 fully saturated rings. The first-order chi connectivity index (χ1) is 9.94. The van der Waals surface area contributed by atoms with Crippen molar-refractivity contribution in [3.63, 3.8) is 0 Å². The van der Waals surface area contributed by atoms with Gasteiger partial charge in [0.15, 0.2) is 0 Å². The maximum absolute atomic E-state index is 12.5. The molecule has 1 aliphatic rings. The van der Waals surface area contributed by atoms with E-state index in [4.69, 9.17) is 9.47 Å². The number of methoxy groups -OCH3 is 1. The minimum absolute atomic E-state index is 0.0287. The van der Waals surface area contributed by atoms with Crippen LogP contribution in [-0.2, 0) is 14.8 Å². The van der Waals surface area contributed by atoms with E-state index in [0.29, 0.717) is 18.9 Å². The van der Waals surface area contributed by atoms with Crippen LogP contribution in [0.2, 0.25) is 0 Å². The van der Waals surface area contributed by atoms with E-state index in [9.17, 15) is 8.42 Å². The number of hydrogen-bond acceptors (Lipinski definition) is 4. The molecule has 1 atom stereocenters. The predicted molar refractivity (Wildman–Crippen MR) is 81.2 cm³/mol. The number of ether oxygens (including phenoxy) is 2. The highest BCUT2D eigenvalue weighted by Gasteiger charge is 2.23. The van der Waals surface area contributed by atoms with E-state index in [0.717, 1.165) is 18.4 Å². The molecule has 0 unspecified atom stereocenters. The number of benzene rings is 1. The van der Waals surface area contributed by atoms with Crippen LogP contribution in [0.1, 0.15) is 38.2 Å². The van der Waals surface area contributed by atoms with Crippen LogP contribution < -0.4 is 9.46 Å². The number of rotatable bonds is 6. The first-order valence-electron chi connectivity index (χ1n) is 7.23. The molecule has 1 aromatic carbocycles. The Morgan fingerprint density at radius 3 is 2.76 bits per heavy atom. The Kier molecular flexibility index (Phi) is 5.24. The fraction of sp³-hybridized carbons (Fsp3) is 0.600. The number of hydrogen-bond donors (Lipinski definition) is 1. The molecule has 1 aromatic rings. The normalized spacial score (nSPS) is 19.1. The molecule has 5 nitrogen and oxygen atoms in total. The summed E-state index contributed by atoms with van der Waals surface area (Å²) in [7, 11) is -2.13. The summed E-state index contributed by atoms with van der Waals surface area (Å²) in [5.74, 6) is 0.613. The highest BCUT2D eigenvalue weighted by molar-refractivity contribution is 7.89.